The van der Waals surface area contributed by atoms with Crippen molar-refractivity contribution in [3.05, 3.63) is 0 Å². The first kappa shape index (κ1) is 15.8. The number of carboxylic acids is 1. The van der Waals surface area contributed by atoms with E-state index in [1.54, 1.807) is 20.8 Å². The molecule has 1 rings (SSSR count). The molecule has 0 aromatic rings. The van der Waals surface area contributed by atoms with Crippen molar-refractivity contribution in [3.8, 4) is 0 Å². The number of hydrogen-bond donors (Lipinski definition) is 1. The van der Waals surface area contributed by atoms with Crippen LogP contribution in [0.5, 0.6) is 0 Å². The Hall–Kier alpha value is -1.30. The molecule has 0 aromatic carbocycles. The van der Waals surface area contributed by atoms with E-state index in [9.17, 15) is 9.59 Å². The van der Waals surface area contributed by atoms with Crippen molar-refractivity contribution in [1.82, 2.24) is 4.90 Å². The summed E-state index contributed by atoms with van der Waals surface area (Å²) in [6.45, 7) is 9.59. The number of hydrogen-bond acceptors (Lipinski definition) is 4. The van der Waals surface area contributed by atoms with E-state index in [0.29, 0.717) is 6.54 Å². The maximum atomic E-state index is 12.1. The molecule has 0 radical (unpaired) electrons. The lowest BCUT2D eigenvalue weighted by Crippen LogP contribution is -2.57. The summed E-state index contributed by atoms with van der Waals surface area (Å²) in [6.07, 6.45) is -0.634. The Bertz CT molecular complexity index is 359. The highest BCUT2D eigenvalue weighted by Gasteiger charge is 2.39. The molecule has 6 nitrogen and oxygen atoms in total. The van der Waals surface area contributed by atoms with Crippen LogP contribution in [-0.4, -0.2) is 52.5 Å². The summed E-state index contributed by atoms with van der Waals surface area (Å²) in [7, 11) is 0. The normalized spacial score (nSPS) is 23.0. The molecule has 1 atom stereocenters. The van der Waals surface area contributed by atoms with Gasteiger partial charge in [0, 0.05) is 0 Å². The third-order valence-electron chi connectivity index (χ3n) is 2.70. The summed E-state index contributed by atoms with van der Waals surface area (Å²) < 4.78 is 10.9. The van der Waals surface area contributed by atoms with Gasteiger partial charge in [0.1, 0.15) is 5.60 Å². The van der Waals surface area contributed by atoms with Gasteiger partial charge in [-0.1, -0.05) is 0 Å². The van der Waals surface area contributed by atoms with E-state index in [4.69, 9.17) is 14.6 Å². The molecule has 0 bridgehead atoms. The maximum absolute atomic E-state index is 12.1. The lowest BCUT2D eigenvalue weighted by Gasteiger charge is -2.43. The Morgan fingerprint density at radius 2 is 2.00 bits per heavy atom. The minimum Gasteiger partial charge on any atom is -0.481 e. The number of carbonyl (C=O) groups is 2. The molecular weight excluding hydrogens is 250 g/mol. The largest absolute Gasteiger partial charge is 0.481 e. The second-order valence-electron chi connectivity index (χ2n) is 6.43. The van der Waals surface area contributed by atoms with Gasteiger partial charge in [-0.25, -0.2) is 4.79 Å². The van der Waals surface area contributed by atoms with Gasteiger partial charge in [-0.05, 0) is 34.6 Å². The number of amides is 1. The lowest BCUT2D eigenvalue weighted by molar-refractivity contribution is -0.145. The molecule has 1 amide bonds. The van der Waals surface area contributed by atoms with E-state index < -0.39 is 29.3 Å². The standard InChI is InChI=1S/C13H23NO5/c1-12(2,3)19-11(17)14-8-13(4,5)18-7-9(14)6-10(15)16/h9H,6-8H2,1-5H3,(H,15,16). The van der Waals surface area contributed by atoms with Gasteiger partial charge >= 0.3 is 12.1 Å². The highest BCUT2D eigenvalue weighted by molar-refractivity contribution is 5.72. The van der Waals surface area contributed by atoms with E-state index in [1.807, 2.05) is 13.8 Å². The van der Waals surface area contributed by atoms with Crippen molar-refractivity contribution in [2.75, 3.05) is 13.2 Å². The Morgan fingerprint density at radius 3 is 2.47 bits per heavy atom. The smallest absolute Gasteiger partial charge is 0.410 e. The van der Waals surface area contributed by atoms with Crippen LogP contribution in [0.25, 0.3) is 0 Å². The molecule has 0 aliphatic carbocycles. The van der Waals surface area contributed by atoms with Gasteiger partial charge in [-0.3, -0.25) is 9.69 Å². The highest BCUT2D eigenvalue weighted by Crippen LogP contribution is 2.24. The summed E-state index contributed by atoms with van der Waals surface area (Å²) in [5, 5.41) is 8.89. The van der Waals surface area contributed by atoms with Gasteiger partial charge in [0.2, 0.25) is 0 Å². The molecule has 1 fully saturated rings. The van der Waals surface area contributed by atoms with Gasteiger partial charge in [-0.15, -0.1) is 0 Å². The average molecular weight is 273 g/mol. The zero-order chi connectivity index (χ0) is 14.8. The predicted octanol–water partition coefficient (Wildman–Crippen LogP) is 1.88. The van der Waals surface area contributed by atoms with Crippen LogP contribution in [0.2, 0.25) is 0 Å². The Labute approximate surface area is 113 Å². The summed E-state index contributed by atoms with van der Waals surface area (Å²) in [6, 6.07) is -0.486. The maximum Gasteiger partial charge on any atom is 0.410 e. The van der Waals surface area contributed by atoms with Crippen LogP contribution in [0.15, 0.2) is 0 Å². The van der Waals surface area contributed by atoms with Crippen LogP contribution >= 0.6 is 0 Å². The minimum atomic E-state index is -0.957. The number of rotatable bonds is 2. The van der Waals surface area contributed by atoms with Crippen molar-refractivity contribution < 1.29 is 24.2 Å². The zero-order valence-corrected chi connectivity index (χ0v) is 12.2. The highest BCUT2D eigenvalue weighted by atomic mass is 16.6. The first-order valence-corrected chi connectivity index (χ1v) is 6.35. The van der Waals surface area contributed by atoms with Gasteiger partial charge in [0.05, 0.1) is 31.2 Å². The van der Waals surface area contributed by atoms with Gasteiger partial charge in [0.15, 0.2) is 0 Å². The predicted molar refractivity (Wildman–Crippen MR) is 69.0 cm³/mol. The van der Waals surface area contributed by atoms with Crippen LogP contribution in [0.1, 0.15) is 41.0 Å². The second kappa shape index (κ2) is 5.36. The number of nitrogens with zero attached hydrogens (tertiary/aromatic N) is 1. The molecule has 0 aromatic heterocycles. The lowest BCUT2D eigenvalue weighted by atomic mass is 10.0. The summed E-state index contributed by atoms with van der Waals surface area (Å²) in [5.74, 6) is -0.957. The molecule has 1 unspecified atom stereocenters. The van der Waals surface area contributed by atoms with Gasteiger partial charge < -0.3 is 14.6 Å². The second-order valence-corrected chi connectivity index (χ2v) is 6.43. The minimum absolute atomic E-state index is 0.144. The fraction of sp³-hybridized carbons (Fsp3) is 0.846. The number of carbonyl (C=O) groups excluding carboxylic acids is 1. The molecule has 110 valence electrons. The fourth-order valence-electron chi connectivity index (χ4n) is 1.90. The number of aliphatic carboxylic acids is 1. The molecule has 1 N–H and O–H groups in total. The average Bonchev–Trinajstić information content (AvgIpc) is 2.17. The molecular formula is C13H23NO5. The van der Waals surface area contributed by atoms with E-state index in [0.717, 1.165) is 0 Å². The van der Waals surface area contributed by atoms with Crippen molar-refractivity contribution in [3.63, 3.8) is 0 Å². The topological polar surface area (TPSA) is 76.1 Å². The van der Waals surface area contributed by atoms with Crippen molar-refractivity contribution >= 4 is 12.1 Å². The van der Waals surface area contributed by atoms with E-state index >= 15 is 0 Å². The van der Waals surface area contributed by atoms with E-state index in [2.05, 4.69) is 0 Å². The number of carboxylic acid groups (broad SMARTS) is 1. The Balaban J connectivity index is 2.81. The van der Waals surface area contributed by atoms with Gasteiger partial charge in [-0.2, -0.15) is 0 Å². The first-order chi connectivity index (χ1) is 8.50. The molecule has 0 spiro atoms. The molecule has 19 heavy (non-hydrogen) atoms. The quantitative estimate of drug-likeness (QED) is 0.831. The van der Waals surface area contributed by atoms with Crippen LogP contribution in [0.3, 0.4) is 0 Å². The Morgan fingerprint density at radius 1 is 1.42 bits per heavy atom. The molecule has 6 heteroatoms. The molecule has 0 saturated carbocycles. The Kier molecular flexibility index (Phi) is 4.45. The third kappa shape index (κ3) is 5.06. The van der Waals surface area contributed by atoms with Crippen molar-refractivity contribution in [2.45, 2.75) is 58.3 Å². The summed E-state index contributed by atoms with van der Waals surface area (Å²) in [5.41, 5.74) is -1.10. The summed E-state index contributed by atoms with van der Waals surface area (Å²) in [4.78, 5) is 24.5. The number of morpholine rings is 1. The fourth-order valence-corrected chi connectivity index (χ4v) is 1.90. The molecule has 1 heterocycles. The summed E-state index contributed by atoms with van der Waals surface area (Å²) >= 11 is 0. The monoisotopic (exact) mass is 273 g/mol. The van der Waals surface area contributed by atoms with Crippen LogP contribution in [0.4, 0.5) is 4.79 Å². The molecule has 1 saturated heterocycles. The third-order valence-corrected chi connectivity index (χ3v) is 2.70. The SMILES string of the molecule is CC(C)(C)OC(=O)N1CC(C)(C)OCC1CC(=O)O. The van der Waals surface area contributed by atoms with Crippen molar-refractivity contribution in [1.29, 1.82) is 0 Å². The van der Waals surface area contributed by atoms with Crippen molar-refractivity contribution in [2.24, 2.45) is 0 Å². The van der Waals surface area contributed by atoms with E-state index in [-0.39, 0.29) is 13.0 Å². The number of ether oxygens (including phenoxy) is 2. The molecule has 1 aliphatic heterocycles. The zero-order valence-electron chi connectivity index (χ0n) is 12.2. The van der Waals surface area contributed by atoms with E-state index in [1.165, 1.54) is 4.90 Å². The first-order valence-electron chi connectivity index (χ1n) is 6.35. The van der Waals surface area contributed by atoms with Gasteiger partial charge in [0.25, 0.3) is 0 Å². The van der Waals surface area contributed by atoms with Crippen LogP contribution in [-0.2, 0) is 14.3 Å². The van der Waals surface area contributed by atoms with Crippen LogP contribution < -0.4 is 0 Å². The molecule has 1 aliphatic rings. The van der Waals surface area contributed by atoms with Crippen LogP contribution in [0, 0.1) is 0 Å².